The van der Waals surface area contributed by atoms with E-state index in [0.29, 0.717) is 6.54 Å². The van der Waals surface area contributed by atoms with E-state index in [-0.39, 0.29) is 24.3 Å². The zero-order valence-electron chi connectivity index (χ0n) is 16.1. The largest absolute Gasteiger partial charge is 0.349 e. The summed E-state index contributed by atoms with van der Waals surface area (Å²) in [4.78, 5) is 26.0. The van der Waals surface area contributed by atoms with Gasteiger partial charge in [-0.15, -0.1) is 0 Å². The molecule has 6 nitrogen and oxygen atoms in total. The van der Waals surface area contributed by atoms with Gasteiger partial charge in [0.05, 0.1) is 24.3 Å². The lowest BCUT2D eigenvalue weighted by Crippen LogP contribution is -2.33. The molecule has 144 valence electrons. The molecule has 0 saturated carbocycles. The summed E-state index contributed by atoms with van der Waals surface area (Å²) in [6.07, 6.45) is 3.88. The molecule has 1 atom stereocenters. The van der Waals surface area contributed by atoms with Gasteiger partial charge in [-0.25, -0.2) is 4.68 Å². The fourth-order valence-electron chi connectivity index (χ4n) is 3.04. The van der Waals surface area contributed by atoms with Gasteiger partial charge in [0.25, 0.3) is 0 Å². The van der Waals surface area contributed by atoms with E-state index in [0.717, 1.165) is 16.8 Å². The summed E-state index contributed by atoms with van der Waals surface area (Å²) in [7, 11) is 1.76. The molecule has 6 heteroatoms. The Balaban J connectivity index is 1.65. The van der Waals surface area contributed by atoms with Gasteiger partial charge in [-0.05, 0) is 17.7 Å². The van der Waals surface area contributed by atoms with Gasteiger partial charge < -0.3 is 10.2 Å². The average molecular weight is 376 g/mol. The van der Waals surface area contributed by atoms with Crippen molar-refractivity contribution < 1.29 is 9.59 Å². The van der Waals surface area contributed by atoms with Crippen molar-refractivity contribution in [2.75, 3.05) is 7.05 Å². The summed E-state index contributed by atoms with van der Waals surface area (Å²) in [5.74, 6) is -0.205. The number of aromatic nitrogens is 2. The predicted octanol–water partition coefficient (Wildman–Crippen LogP) is 3.10. The number of amides is 2. The van der Waals surface area contributed by atoms with Crippen LogP contribution < -0.4 is 5.32 Å². The molecule has 1 aromatic heterocycles. The lowest BCUT2D eigenvalue weighted by Gasteiger charge is -2.22. The topological polar surface area (TPSA) is 67.2 Å². The summed E-state index contributed by atoms with van der Waals surface area (Å²) in [6, 6.07) is 19.0. The van der Waals surface area contributed by atoms with Crippen LogP contribution >= 0.6 is 0 Å². The van der Waals surface area contributed by atoms with E-state index in [2.05, 4.69) is 10.4 Å². The van der Waals surface area contributed by atoms with Gasteiger partial charge >= 0.3 is 0 Å². The van der Waals surface area contributed by atoms with Crippen LogP contribution in [0.5, 0.6) is 0 Å². The van der Waals surface area contributed by atoms with E-state index >= 15 is 0 Å². The Morgan fingerprint density at radius 3 is 2.36 bits per heavy atom. The predicted molar refractivity (Wildman–Crippen MR) is 108 cm³/mol. The number of nitrogens with zero attached hydrogens (tertiary/aromatic N) is 3. The first-order valence-corrected chi connectivity index (χ1v) is 9.18. The van der Waals surface area contributed by atoms with Crippen LogP contribution in [0.4, 0.5) is 0 Å². The molecule has 2 amide bonds. The SMILES string of the molecule is CC(=O)N[C@H](CC(=O)N(C)Cc1cnn(-c2ccccc2)c1)c1ccccc1. The monoisotopic (exact) mass is 376 g/mol. The molecule has 0 radical (unpaired) electrons. The Hall–Kier alpha value is -3.41. The van der Waals surface area contributed by atoms with E-state index in [1.165, 1.54) is 6.92 Å². The van der Waals surface area contributed by atoms with Crippen LogP contribution in [0.15, 0.2) is 73.1 Å². The van der Waals surface area contributed by atoms with Crippen LogP contribution in [0, 0.1) is 0 Å². The van der Waals surface area contributed by atoms with Crippen LogP contribution in [-0.2, 0) is 16.1 Å². The van der Waals surface area contributed by atoms with E-state index in [1.54, 1.807) is 22.8 Å². The number of benzene rings is 2. The summed E-state index contributed by atoms with van der Waals surface area (Å²) >= 11 is 0. The maximum atomic E-state index is 12.7. The van der Waals surface area contributed by atoms with Gasteiger partial charge in [0.15, 0.2) is 0 Å². The smallest absolute Gasteiger partial charge is 0.225 e. The van der Waals surface area contributed by atoms with Crippen molar-refractivity contribution in [3.8, 4) is 5.69 Å². The first-order valence-electron chi connectivity index (χ1n) is 9.18. The van der Waals surface area contributed by atoms with Gasteiger partial charge in [-0.3, -0.25) is 9.59 Å². The van der Waals surface area contributed by atoms with Crippen LogP contribution in [0.2, 0.25) is 0 Å². The molecule has 3 aromatic rings. The first kappa shape index (κ1) is 19.4. The lowest BCUT2D eigenvalue weighted by molar-refractivity contribution is -0.131. The summed E-state index contributed by atoms with van der Waals surface area (Å²) in [6.45, 7) is 1.91. The third kappa shape index (κ3) is 5.07. The molecular formula is C22H24N4O2. The zero-order valence-corrected chi connectivity index (χ0v) is 16.1. The molecule has 2 aromatic carbocycles. The van der Waals surface area contributed by atoms with Crippen LogP contribution in [0.25, 0.3) is 5.69 Å². The molecule has 0 aliphatic heterocycles. The lowest BCUT2D eigenvalue weighted by atomic mass is 10.0. The van der Waals surface area contributed by atoms with Crippen molar-refractivity contribution in [3.63, 3.8) is 0 Å². The highest BCUT2D eigenvalue weighted by Crippen LogP contribution is 2.18. The summed E-state index contributed by atoms with van der Waals surface area (Å²) in [5.41, 5.74) is 2.82. The standard InChI is InChI=1S/C22H24N4O2/c1-17(27)24-21(19-9-5-3-6-10-19)13-22(28)25(2)15-18-14-23-26(16-18)20-11-7-4-8-12-20/h3-12,14,16,21H,13,15H2,1-2H3,(H,24,27)/t21-/m1/s1. The second-order valence-electron chi connectivity index (χ2n) is 6.75. The Bertz CT molecular complexity index is 922. The first-order chi connectivity index (χ1) is 13.5. The van der Waals surface area contributed by atoms with Crippen LogP contribution in [-0.4, -0.2) is 33.5 Å². The highest BCUT2D eigenvalue weighted by molar-refractivity contribution is 5.79. The van der Waals surface area contributed by atoms with Crippen molar-refractivity contribution in [1.82, 2.24) is 20.0 Å². The van der Waals surface area contributed by atoms with E-state index in [1.807, 2.05) is 66.9 Å². The molecule has 0 aliphatic rings. The van der Waals surface area contributed by atoms with E-state index < -0.39 is 0 Å². The molecule has 3 rings (SSSR count). The van der Waals surface area contributed by atoms with E-state index in [4.69, 9.17) is 0 Å². The number of carbonyl (C=O) groups is 2. The molecule has 0 unspecified atom stereocenters. The fourth-order valence-corrected chi connectivity index (χ4v) is 3.04. The van der Waals surface area contributed by atoms with Gasteiger partial charge in [-0.1, -0.05) is 48.5 Å². The number of carbonyl (C=O) groups excluding carboxylic acids is 2. The Labute approximate surface area is 164 Å². The second kappa shape index (κ2) is 8.99. The minimum absolute atomic E-state index is 0.0462. The van der Waals surface area contributed by atoms with Crippen molar-refractivity contribution in [2.24, 2.45) is 0 Å². The van der Waals surface area contributed by atoms with E-state index in [9.17, 15) is 9.59 Å². The highest BCUT2D eigenvalue weighted by Gasteiger charge is 2.20. The Morgan fingerprint density at radius 1 is 1.07 bits per heavy atom. The number of rotatable bonds is 7. The molecule has 1 N–H and O–H groups in total. The fraction of sp³-hybridized carbons (Fsp3) is 0.227. The molecule has 0 fully saturated rings. The van der Waals surface area contributed by atoms with Crippen molar-refractivity contribution >= 4 is 11.8 Å². The van der Waals surface area contributed by atoms with Gasteiger partial charge in [-0.2, -0.15) is 5.10 Å². The maximum absolute atomic E-state index is 12.7. The molecule has 1 heterocycles. The maximum Gasteiger partial charge on any atom is 0.225 e. The summed E-state index contributed by atoms with van der Waals surface area (Å²) < 4.78 is 1.79. The van der Waals surface area contributed by atoms with Crippen LogP contribution in [0.1, 0.15) is 30.5 Å². The number of nitrogens with one attached hydrogen (secondary N) is 1. The van der Waals surface area contributed by atoms with Gasteiger partial charge in [0.2, 0.25) is 11.8 Å². The zero-order chi connectivity index (χ0) is 19.9. The minimum Gasteiger partial charge on any atom is -0.349 e. The Morgan fingerprint density at radius 2 is 1.71 bits per heavy atom. The third-order valence-electron chi connectivity index (χ3n) is 4.46. The molecule has 0 bridgehead atoms. The van der Waals surface area contributed by atoms with Gasteiger partial charge in [0, 0.05) is 32.3 Å². The molecule has 28 heavy (non-hydrogen) atoms. The minimum atomic E-state index is -0.347. The van der Waals surface area contributed by atoms with Crippen molar-refractivity contribution in [3.05, 3.63) is 84.2 Å². The normalized spacial score (nSPS) is 11.6. The third-order valence-corrected chi connectivity index (χ3v) is 4.46. The number of para-hydroxylation sites is 1. The van der Waals surface area contributed by atoms with Crippen molar-refractivity contribution in [2.45, 2.75) is 25.9 Å². The molecule has 0 spiro atoms. The van der Waals surface area contributed by atoms with Crippen LogP contribution in [0.3, 0.4) is 0 Å². The second-order valence-corrected chi connectivity index (χ2v) is 6.75. The number of hydrogen-bond acceptors (Lipinski definition) is 3. The number of hydrogen-bond donors (Lipinski definition) is 1. The quantitative estimate of drug-likeness (QED) is 0.689. The average Bonchev–Trinajstić information content (AvgIpc) is 3.17. The summed E-state index contributed by atoms with van der Waals surface area (Å²) in [5, 5.41) is 7.24. The Kier molecular flexibility index (Phi) is 6.22. The van der Waals surface area contributed by atoms with Gasteiger partial charge in [0.1, 0.15) is 0 Å². The molecule has 0 saturated heterocycles. The highest BCUT2D eigenvalue weighted by atomic mass is 16.2. The van der Waals surface area contributed by atoms with Crippen molar-refractivity contribution in [1.29, 1.82) is 0 Å². The molecular weight excluding hydrogens is 352 g/mol. The molecule has 0 aliphatic carbocycles.